The van der Waals surface area contributed by atoms with Gasteiger partial charge in [0.05, 0.1) is 0 Å². The van der Waals surface area contributed by atoms with Crippen molar-refractivity contribution in [2.45, 2.75) is 0 Å². The zero-order valence-corrected chi connectivity index (χ0v) is 29.3. The van der Waals surface area contributed by atoms with Crippen LogP contribution in [-0.4, -0.2) is 0 Å². The summed E-state index contributed by atoms with van der Waals surface area (Å²) in [6, 6.07) is 76.1. The predicted octanol–water partition coefficient (Wildman–Crippen LogP) is 14.6. The molecule has 0 fully saturated rings. The molecule has 53 heavy (non-hydrogen) atoms. The topological polar surface area (TPSA) is 3.24 Å². The first-order valence-electron chi connectivity index (χ1n) is 18.2. The highest BCUT2D eigenvalue weighted by molar-refractivity contribution is 6.21. The third kappa shape index (κ3) is 6.42. The third-order valence-corrected chi connectivity index (χ3v) is 10.1. The molecule has 0 spiro atoms. The summed E-state index contributed by atoms with van der Waals surface area (Å²) in [7, 11) is 0. The predicted molar refractivity (Wildman–Crippen MR) is 228 cm³/mol. The Morgan fingerprint density at radius 3 is 0.981 bits per heavy atom. The van der Waals surface area contributed by atoms with Crippen molar-refractivity contribution in [2.75, 3.05) is 4.90 Å². The lowest BCUT2D eigenvalue weighted by Gasteiger charge is -2.25. The molecule has 9 rings (SSSR count). The van der Waals surface area contributed by atoms with Gasteiger partial charge in [0.25, 0.3) is 0 Å². The van der Waals surface area contributed by atoms with Crippen LogP contribution in [-0.2, 0) is 0 Å². The van der Waals surface area contributed by atoms with Crippen molar-refractivity contribution >= 4 is 50.8 Å². The molecule has 0 unspecified atom stereocenters. The van der Waals surface area contributed by atoms with Gasteiger partial charge in [-0.05, 0) is 102 Å². The Bertz CT molecular complexity index is 2560. The van der Waals surface area contributed by atoms with E-state index in [4.69, 9.17) is 0 Å². The Morgan fingerprint density at radius 2 is 0.547 bits per heavy atom. The summed E-state index contributed by atoms with van der Waals surface area (Å²) in [6.07, 6.45) is 4.39. The summed E-state index contributed by atoms with van der Waals surface area (Å²) < 4.78 is 0. The molecular weight excluding hydrogens is 639 g/mol. The summed E-state index contributed by atoms with van der Waals surface area (Å²) in [5.74, 6) is 0. The molecule has 0 amide bonds. The van der Waals surface area contributed by atoms with Gasteiger partial charge in [-0.2, -0.15) is 0 Å². The van der Waals surface area contributed by atoms with Crippen LogP contribution in [0, 0.1) is 0 Å². The normalized spacial score (nSPS) is 11.3. The monoisotopic (exact) mass is 675 g/mol. The van der Waals surface area contributed by atoms with Gasteiger partial charge in [-0.15, -0.1) is 0 Å². The number of anilines is 3. The molecule has 9 aromatic carbocycles. The van der Waals surface area contributed by atoms with Crippen LogP contribution in [0.1, 0.15) is 11.1 Å². The largest absolute Gasteiger partial charge is 0.311 e. The molecule has 0 saturated carbocycles. The first-order chi connectivity index (χ1) is 26.3. The molecule has 250 valence electrons. The van der Waals surface area contributed by atoms with Crippen molar-refractivity contribution in [1.29, 1.82) is 0 Å². The number of hydrogen-bond donors (Lipinski definition) is 0. The Morgan fingerprint density at radius 1 is 0.245 bits per heavy atom. The number of hydrogen-bond acceptors (Lipinski definition) is 1. The minimum Gasteiger partial charge on any atom is -0.311 e. The van der Waals surface area contributed by atoms with Crippen molar-refractivity contribution in [3.63, 3.8) is 0 Å². The van der Waals surface area contributed by atoms with Gasteiger partial charge >= 0.3 is 0 Å². The van der Waals surface area contributed by atoms with Crippen LogP contribution in [0.4, 0.5) is 17.1 Å². The van der Waals surface area contributed by atoms with Gasteiger partial charge in [0, 0.05) is 17.1 Å². The van der Waals surface area contributed by atoms with Gasteiger partial charge < -0.3 is 4.90 Å². The lowest BCUT2D eigenvalue weighted by molar-refractivity contribution is 1.28. The summed E-state index contributed by atoms with van der Waals surface area (Å²) in [5, 5.41) is 5.05. The second-order valence-corrected chi connectivity index (χ2v) is 13.3. The minimum absolute atomic E-state index is 1.12. The van der Waals surface area contributed by atoms with E-state index in [1.807, 2.05) is 0 Å². The van der Waals surface area contributed by atoms with E-state index in [0.29, 0.717) is 0 Å². The molecular formula is C52H37N. The second kappa shape index (κ2) is 14.3. The van der Waals surface area contributed by atoms with Gasteiger partial charge in [-0.1, -0.05) is 188 Å². The van der Waals surface area contributed by atoms with Crippen molar-refractivity contribution in [2.24, 2.45) is 0 Å². The van der Waals surface area contributed by atoms with Crippen LogP contribution in [0.15, 0.2) is 212 Å². The smallest absolute Gasteiger partial charge is 0.0462 e. The van der Waals surface area contributed by atoms with Crippen molar-refractivity contribution < 1.29 is 0 Å². The molecule has 0 aliphatic rings. The van der Waals surface area contributed by atoms with E-state index in [-0.39, 0.29) is 0 Å². The molecule has 0 bridgehead atoms. The molecule has 1 heteroatoms. The molecule has 0 aliphatic carbocycles. The Balaban J connectivity index is 1.02. The maximum atomic E-state index is 2.29. The number of fused-ring (bicyclic) bond motifs is 2. The summed E-state index contributed by atoms with van der Waals surface area (Å²) in [6.45, 7) is 0. The van der Waals surface area contributed by atoms with E-state index < -0.39 is 0 Å². The van der Waals surface area contributed by atoms with Crippen LogP contribution < -0.4 is 4.90 Å². The van der Waals surface area contributed by atoms with E-state index in [0.717, 1.165) is 28.2 Å². The molecule has 0 aliphatic heterocycles. The molecule has 0 atom stereocenters. The fraction of sp³-hybridized carbons (Fsp3) is 0. The van der Waals surface area contributed by atoms with Crippen LogP contribution in [0.3, 0.4) is 0 Å². The molecule has 0 radical (unpaired) electrons. The molecule has 0 aromatic heterocycles. The average molecular weight is 676 g/mol. The lowest BCUT2D eigenvalue weighted by Crippen LogP contribution is -2.09. The fourth-order valence-corrected chi connectivity index (χ4v) is 7.50. The Hall–Kier alpha value is -6.96. The quantitative estimate of drug-likeness (QED) is 0.114. The van der Waals surface area contributed by atoms with E-state index in [9.17, 15) is 0 Å². The SMILES string of the molecule is C(=Cc1ccc(N(c2ccccc2)c2ccccc2)cc1)c1ccc(-c2c3ccccc3c(-c3ccc(-c4ccccc4)cc3)c3ccccc23)cc1. The minimum atomic E-state index is 1.12. The fourth-order valence-electron chi connectivity index (χ4n) is 7.50. The summed E-state index contributed by atoms with van der Waals surface area (Å²) in [5.41, 5.74) is 13.2. The first-order valence-corrected chi connectivity index (χ1v) is 18.2. The van der Waals surface area contributed by atoms with Crippen LogP contribution in [0.2, 0.25) is 0 Å². The highest BCUT2D eigenvalue weighted by Gasteiger charge is 2.17. The van der Waals surface area contributed by atoms with Gasteiger partial charge in [0.1, 0.15) is 0 Å². The Labute approximate surface area is 311 Å². The van der Waals surface area contributed by atoms with E-state index in [1.165, 1.54) is 54.9 Å². The molecule has 0 N–H and O–H groups in total. The van der Waals surface area contributed by atoms with Crippen LogP contribution in [0.5, 0.6) is 0 Å². The zero-order chi connectivity index (χ0) is 35.4. The highest BCUT2D eigenvalue weighted by Crippen LogP contribution is 2.44. The second-order valence-electron chi connectivity index (χ2n) is 13.3. The van der Waals surface area contributed by atoms with Crippen molar-refractivity contribution in [3.05, 3.63) is 223 Å². The van der Waals surface area contributed by atoms with E-state index >= 15 is 0 Å². The van der Waals surface area contributed by atoms with Gasteiger partial charge in [0.15, 0.2) is 0 Å². The number of para-hydroxylation sites is 2. The molecule has 9 aromatic rings. The van der Waals surface area contributed by atoms with Crippen molar-refractivity contribution in [1.82, 2.24) is 0 Å². The summed E-state index contributed by atoms with van der Waals surface area (Å²) >= 11 is 0. The summed E-state index contributed by atoms with van der Waals surface area (Å²) in [4.78, 5) is 2.29. The van der Waals surface area contributed by atoms with Gasteiger partial charge in [0.2, 0.25) is 0 Å². The van der Waals surface area contributed by atoms with Crippen LogP contribution >= 0.6 is 0 Å². The zero-order valence-electron chi connectivity index (χ0n) is 29.3. The standard InChI is InChI=1S/C52H37N/c1-4-14-40(15-5-1)41-32-34-43(35-33-41)52-49-22-12-10-20-47(49)51(48-21-11-13-23-50(48)52)42-30-26-38(27-31-42)24-25-39-28-36-46(37-29-39)53(44-16-6-2-7-17-44)45-18-8-3-9-19-45/h1-37H. The molecule has 0 heterocycles. The van der Waals surface area contributed by atoms with Gasteiger partial charge in [-0.25, -0.2) is 0 Å². The highest BCUT2D eigenvalue weighted by atomic mass is 15.1. The number of rotatable bonds is 8. The maximum absolute atomic E-state index is 2.29. The van der Waals surface area contributed by atoms with E-state index in [1.54, 1.807) is 0 Å². The first kappa shape index (κ1) is 32.0. The van der Waals surface area contributed by atoms with Crippen molar-refractivity contribution in [3.8, 4) is 33.4 Å². The average Bonchev–Trinajstić information content (AvgIpc) is 3.24. The lowest BCUT2D eigenvalue weighted by atomic mass is 9.85. The van der Waals surface area contributed by atoms with E-state index in [2.05, 4.69) is 229 Å². The number of nitrogens with zero attached hydrogens (tertiary/aromatic N) is 1. The third-order valence-electron chi connectivity index (χ3n) is 10.1. The Kier molecular flexibility index (Phi) is 8.66. The molecule has 1 nitrogen and oxygen atoms in total. The molecule has 0 saturated heterocycles. The number of benzene rings is 9. The van der Waals surface area contributed by atoms with Gasteiger partial charge in [-0.3, -0.25) is 0 Å². The maximum Gasteiger partial charge on any atom is 0.0462 e. The van der Waals surface area contributed by atoms with Crippen LogP contribution in [0.25, 0.3) is 67.1 Å².